The van der Waals surface area contributed by atoms with Gasteiger partial charge in [-0.25, -0.2) is 0 Å². The van der Waals surface area contributed by atoms with Crippen LogP contribution in [0.2, 0.25) is 0 Å². The number of carboxylic acid groups (broad SMARTS) is 1. The summed E-state index contributed by atoms with van der Waals surface area (Å²) in [4.78, 5) is 22.4. The highest BCUT2D eigenvalue weighted by atomic mass is 16.4. The van der Waals surface area contributed by atoms with E-state index in [4.69, 9.17) is 10.8 Å². The number of carbonyl (C=O) groups excluding carboxylic acids is 1. The number of nitrogens with one attached hydrogen (secondary N) is 1. The van der Waals surface area contributed by atoms with Crippen LogP contribution in [0, 0.1) is 5.41 Å². The van der Waals surface area contributed by atoms with Crippen LogP contribution in [-0.4, -0.2) is 30.1 Å². The van der Waals surface area contributed by atoms with Crippen LogP contribution in [-0.2, 0) is 9.59 Å². The number of hydrogen-bond acceptors (Lipinski definition) is 3. The Bertz CT molecular complexity index is 268. The Balaban J connectivity index is 3.76. The summed E-state index contributed by atoms with van der Waals surface area (Å²) < 4.78 is 0. The van der Waals surface area contributed by atoms with E-state index in [1.807, 2.05) is 13.8 Å². The van der Waals surface area contributed by atoms with E-state index in [2.05, 4.69) is 5.32 Å². The van der Waals surface area contributed by atoms with E-state index in [1.165, 1.54) is 0 Å². The van der Waals surface area contributed by atoms with Gasteiger partial charge in [-0.05, 0) is 25.7 Å². The first-order valence-electron chi connectivity index (χ1n) is 7.22. The molecule has 0 unspecified atom stereocenters. The molecule has 0 fully saturated rings. The lowest BCUT2D eigenvalue weighted by molar-refractivity contribution is -0.137. The van der Waals surface area contributed by atoms with Gasteiger partial charge in [0.25, 0.3) is 0 Å². The third-order valence-electron chi connectivity index (χ3n) is 3.83. The smallest absolute Gasteiger partial charge is 0.303 e. The molecule has 4 N–H and O–H groups in total. The van der Waals surface area contributed by atoms with Crippen LogP contribution in [0.25, 0.3) is 0 Å². The summed E-state index contributed by atoms with van der Waals surface area (Å²) >= 11 is 0. The van der Waals surface area contributed by atoms with Crippen molar-refractivity contribution < 1.29 is 14.7 Å². The van der Waals surface area contributed by atoms with E-state index in [1.54, 1.807) is 0 Å². The second-order valence-corrected chi connectivity index (χ2v) is 5.01. The van der Waals surface area contributed by atoms with Gasteiger partial charge in [-0.1, -0.05) is 26.7 Å². The van der Waals surface area contributed by atoms with Crippen LogP contribution in [0.4, 0.5) is 0 Å². The molecule has 0 rings (SSSR count). The van der Waals surface area contributed by atoms with Gasteiger partial charge in [0.05, 0.1) is 5.41 Å². The normalized spacial score (nSPS) is 11.3. The monoisotopic (exact) mass is 272 g/mol. The molecular formula is C14H28N2O3. The standard InChI is InChI=1S/C14H28N2O3/c1-3-14(4-2,11-15)13(19)16-10-8-6-5-7-9-12(17)18/h3-11,15H2,1-2H3,(H,16,19)(H,17,18). The maximum atomic E-state index is 12.1. The predicted molar refractivity (Wildman–Crippen MR) is 75.8 cm³/mol. The third kappa shape index (κ3) is 6.57. The molecule has 0 aliphatic carbocycles. The summed E-state index contributed by atoms with van der Waals surface area (Å²) in [5, 5.41) is 11.4. The molecule has 0 atom stereocenters. The minimum atomic E-state index is -0.744. The number of carbonyl (C=O) groups is 2. The summed E-state index contributed by atoms with van der Waals surface area (Å²) in [5.41, 5.74) is 5.28. The number of unbranched alkanes of at least 4 members (excludes halogenated alkanes) is 3. The predicted octanol–water partition coefficient (Wildman–Crippen LogP) is 1.90. The Morgan fingerprint density at radius 2 is 1.68 bits per heavy atom. The maximum absolute atomic E-state index is 12.1. The molecule has 5 nitrogen and oxygen atoms in total. The number of carboxylic acids is 1. The molecule has 5 heteroatoms. The van der Waals surface area contributed by atoms with Crippen molar-refractivity contribution in [2.45, 2.75) is 58.8 Å². The van der Waals surface area contributed by atoms with Gasteiger partial charge in [-0.3, -0.25) is 9.59 Å². The molecule has 0 spiro atoms. The van der Waals surface area contributed by atoms with Crippen LogP contribution in [0.15, 0.2) is 0 Å². The minimum absolute atomic E-state index is 0.0468. The van der Waals surface area contributed by atoms with Gasteiger partial charge in [-0.2, -0.15) is 0 Å². The Labute approximate surface area is 115 Å². The van der Waals surface area contributed by atoms with E-state index < -0.39 is 11.4 Å². The molecule has 0 aliphatic rings. The summed E-state index contributed by atoms with van der Waals surface area (Å²) in [7, 11) is 0. The van der Waals surface area contributed by atoms with Crippen molar-refractivity contribution >= 4 is 11.9 Å². The Morgan fingerprint density at radius 1 is 1.11 bits per heavy atom. The van der Waals surface area contributed by atoms with Crippen LogP contribution in [0.3, 0.4) is 0 Å². The Kier molecular flexibility index (Phi) is 9.21. The minimum Gasteiger partial charge on any atom is -0.481 e. The summed E-state index contributed by atoms with van der Waals surface area (Å²) in [6, 6.07) is 0. The van der Waals surface area contributed by atoms with Crippen molar-refractivity contribution in [1.29, 1.82) is 0 Å². The summed E-state index contributed by atoms with van der Waals surface area (Å²) in [6.45, 7) is 5.00. The molecule has 0 radical (unpaired) electrons. The first-order valence-corrected chi connectivity index (χ1v) is 7.22. The third-order valence-corrected chi connectivity index (χ3v) is 3.83. The molecule has 0 heterocycles. The zero-order valence-electron chi connectivity index (χ0n) is 12.2. The van der Waals surface area contributed by atoms with Crippen molar-refractivity contribution in [2.75, 3.05) is 13.1 Å². The fraction of sp³-hybridized carbons (Fsp3) is 0.857. The van der Waals surface area contributed by atoms with E-state index in [0.717, 1.165) is 32.1 Å². The lowest BCUT2D eigenvalue weighted by atomic mass is 9.81. The fourth-order valence-electron chi connectivity index (χ4n) is 2.10. The van der Waals surface area contributed by atoms with Crippen molar-refractivity contribution in [3.8, 4) is 0 Å². The van der Waals surface area contributed by atoms with Crippen LogP contribution in [0.1, 0.15) is 58.8 Å². The van der Waals surface area contributed by atoms with E-state index in [9.17, 15) is 9.59 Å². The first-order chi connectivity index (χ1) is 9.02. The number of rotatable bonds is 11. The van der Waals surface area contributed by atoms with Gasteiger partial charge >= 0.3 is 5.97 Å². The van der Waals surface area contributed by atoms with E-state index in [0.29, 0.717) is 19.5 Å². The lowest BCUT2D eigenvalue weighted by Crippen LogP contribution is -2.45. The largest absolute Gasteiger partial charge is 0.481 e. The van der Waals surface area contributed by atoms with Gasteiger partial charge < -0.3 is 16.2 Å². The summed E-state index contributed by atoms with van der Waals surface area (Å²) in [6.07, 6.45) is 5.18. The average molecular weight is 272 g/mol. The molecule has 0 aromatic carbocycles. The number of aliphatic carboxylic acids is 1. The second kappa shape index (κ2) is 9.78. The Morgan fingerprint density at radius 3 is 2.16 bits per heavy atom. The zero-order chi connectivity index (χ0) is 14.7. The average Bonchev–Trinajstić information content (AvgIpc) is 2.40. The topological polar surface area (TPSA) is 92.4 Å². The molecular weight excluding hydrogens is 244 g/mol. The lowest BCUT2D eigenvalue weighted by Gasteiger charge is -2.28. The SMILES string of the molecule is CCC(CC)(CN)C(=O)NCCCCCCC(=O)O. The van der Waals surface area contributed by atoms with E-state index in [-0.39, 0.29) is 12.3 Å². The molecule has 0 saturated heterocycles. The first kappa shape index (κ1) is 17.9. The number of amides is 1. The molecule has 112 valence electrons. The van der Waals surface area contributed by atoms with Crippen LogP contribution < -0.4 is 11.1 Å². The zero-order valence-corrected chi connectivity index (χ0v) is 12.2. The summed E-state index contributed by atoms with van der Waals surface area (Å²) in [5.74, 6) is -0.697. The van der Waals surface area contributed by atoms with Gasteiger partial charge in [0.1, 0.15) is 0 Å². The quantitative estimate of drug-likeness (QED) is 0.501. The Hall–Kier alpha value is -1.10. The highest BCUT2D eigenvalue weighted by Crippen LogP contribution is 2.24. The highest BCUT2D eigenvalue weighted by Gasteiger charge is 2.32. The molecule has 1 amide bonds. The van der Waals surface area contributed by atoms with Crippen molar-refractivity contribution in [1.82, 2.24) is 5.32 Å². The van der Waals surface area contributed by atoms with Crippen molar-refractivity contribution in [3.05, 3.63) is 0 Å². The molecule has 0 aliphatic heterocycles. The van der Waals surface area contributed by atoms with Crippen molar-refractivity contribution in [3.63, 3.8) is 0 Å². The maximum Gasteiger partial charge on any atom is 0.303 e. The number of nitrogens with two attached hydrogens (primary N) is 1. The second-order valence-electron chi connectivity index (χ2n) is 5.01. The van der Waals surface area contributed by atoms with Gasteiger partial charge in [-0.15, -0.1) is 0 Å². The van der Waals surface area contributed by atoms with Crippen molar-refractivity contribution in [2.24, 2.45) is 11.1 Å². The van der Waals surface area contributed by atoms with E-state index >= 15 is 0 Å². The van der Waals surface area contributed by atoms with Gasteiger partial charge in [0.15, 0.2) is 0 Å². The van der Waals surface area contributed by atoms with Crippen LogP contribution >= 0.6 is 0 Å². The molecule has 0 bridgehead atoms. The molecule has 0 aromatic heterocycles. The van der Waals surface area contributed by atoms with Crippen LogP contribution in [0.5, 0.6) is 0 Å². The molecule has 0 aromatic rings. The highest BCUT2D eigenvalue weighted by molar-refractivity contribution is 5.82. The molecule has 0 saturated carbocycles. The molecule has 19 heavy (non-hydrogen) atoms. The van der Waals surface area contributed by atoms with Gasteiger partial charge in [0, 0.05) is 19.5 Å². The fourth-order valence-corrected chi connectivity index (χ4v) is 2.10. The van der Waals surface area contributed by atoms with Gasteiger partial charge in [0.2, 0.25) is 5.91 Å². The number of hydrogen-bond donors (Lipinski definition) is 3.